The zero-order valence-corrected chi connectivity index (χ0v) is 11.7. The van der Waals surface area contributed by atoms with Crippen LogP contribution in [0.5, 0.6) is 0 Å². The lowest BCUT2D eigenvalue weighted by atomic mass is 9.97. The SMILES string of the molecule is Clc1ccc(C2(CC(Cl)(Cl)Cl)CO2)cc1Cl. The van der Waals surface area contributed by atoms with E-state index in [1.54, 1.807) is 12.1 Å². The molecule has 0 aliphatic carbocycles. The van der Waals surface area contributed by atoms with Crippen LogP contribution in [0.4, 0.5) is 0 Å². The van der Waals surface area contributed by atoms with Gasteiger partial charge in [0.2, 0.25) is 0 Å². The van der Waals surface area contributed by atoms with Crippen LogP contribution in [0.1, 0.15) is 12.0 Å². The lowest BCUT2D eigenvalue weighted by Gasteiger charge is -2.18. The van der Waals surface area contributed by atoms with E-state index in [0.717, 1.165) is 5.56 Å². The summed E-state index contributed by atoms with van der Waals surface area (Å²) in [5.41, 5.74) is 0.354. The molecule has 2 rings (SSSR count). The molecule has 0 amide bonds. The molecule has 1 saturated heterocycles. The predicted octanol–water partition coefficient (Wildman–Crippen LogP) is 4.98. The van der Waals surface area contributed by atoms with Crippen molar-refractivity contribution in [2.75, 3.05) is 6.61 Å². The van der Waals surface area contributed by atoms with Crippen LogP contribution in [0.15, 0.2) is 18.2 Å². The number of alkyl halides is 3. The van der Waals surface area contributed by atoms with E-state index in [2.05, 4.69) is 0 Å². The molecule has 0 N–H and O–H groups in total. The fourth-order valence-electron chi connectivity index (χ4n) is 1.56. The normalized spacial score (nSPS) is 24.6. The summed E-state index contributed by atoms with van der Waals surface area (Å²) in [5, 5.41) is 0.966. The van der Waals surface area contributed by atoms with E-state index < -0.39 is 9.39 Å². The molecule has 0 bridgehead atoms. The molecule has 1 aromatic carbocycles. The second-order valence-electron chi connectivity index (χ2n) is 3.70. The molecule has 0 spiro atoms. The molecule has 0 aromatic heterocycles. The first-order chi connectivity index (χ1) is 7.32. The summed E-state index contributed by atoms with van der Waals surface area (Å²) in [6, 6.07) is 5.28. The third kappa shape index (κ3) is 2.90. The van der Waals surface area contributed by atoms with Crippen LogP contribution < -0.4 is 0 Å². The highest BCUT2D eigenvalue weighted by molar-refractivity contribution is 6.67. The second kappa shape index (κ2) is 4.38. The first kappa shape index (κ1) is 13.1. The minimum Gasteiger partial charge on any atom is -0.364 e. The minimum absolute atomic E-state index is 0.294. The maximum absolute atomic E-state index is 5.93. The smallest absolute Gasteiger partial charge is 0.193 e. The van der Waals surface area contributed by atoms with Crippen molar-refractivity contribution in [3.63, 3.8) is 0 Å². The van der Waals surface area contributed by atoms with Gasteiger partial charge in [0.1, 0.15) is 5.60 Å². The number of hydrogen-bond donors (Lipinski definition) is 0. The van der Waals surface area contributed by atoms with Crippen LogP contribution in [0.3, 0.4) is 0 Å². The van der Waals surface area contributed by atoms with E-state index in [4.69, 9.17) is 62.7 Å². The van der Waals surface area contributed by atoms with Gasteiger partial charge in [-0.2, -0.15) is 0 Å². The molecule has 6 heteroatoms. The second-order valence-corrected chi connectivity index (χ2v) is 7.03. The quantitative estimate of drug-likeness (QED) is 0.553. The van der Waals surface area contributed by atoms with E-state index in [1.807, 2.05) is 6.07 Å². The predicted molar refractivity (Wildman–Crippen MR) is 69.0 cm³/mol. The molecule has 1 atom stereocenters. The molecule has 88 valence electrons. The average Bonchev–Trinajstić information content (AvgIpc) is 2.88. The molecular formula is C10H7Cl5O. The Morgan fingerprint density at radius 3 is 2.25 bits per heavy atom. The van der Waals surface area contributed by atoms with Crippen LogP contribution in [-0.2, 0) is 10.3 Å². The number of halogens is 5. The number of ether oxygens (including phenoxy) is 1. The zero-order chi connectivity index (χ0) is 12.0. The van der Waals surface area contributed by atoms with Crippen LogP contribution in [0.2, 0.25) is 10.0 Å². The van der Waals surface area contributed by atoms with Crippen molar-refractivity contribution in [2.45, 2.75) is 15.8 Å². The fraction of sp³-hybridized carbons (Fsp3) is 0.400. The Labute approximate surface area is 119 Å². The van der Waals surface area contributed by atoms with Gasteiger partial charge in [-0.1, -0.05) is 64.1 Å². The Morgan fingerprint density at radius 2 is 1.81 bits per heavy atom. The number of rotatable bonds is 2. The van der Waals surface area contributed by atoms with Gasteiger partial charge in [-0.25, -0.2) is 0 Å². The van der Waals surface area contributed by atoms with Gasteiger partial charge in [0.15, 0.2) is 3.79 Å². The highest BCUT2D eigenvalue weighted by Gasteiger charge is 2.51. The van der Waals surface area contributed by atoms with Crippen molar-refractivity contribution in [2.24, 2.45) is 0 Å². The first-order valence-electron chi connectivity index (χ1n) is 4.49. The van der Waals surface area contributed by atoms with Crippen LogP contribution in [0, 0.1) is 0 Å². The number of benzene rings is 1. The number of epoxide rings is 1. The van der Waals surface area contributed by atoms with Crippen LogP contribution >= 0.6 is 58.0 Å². The zero-order valence-electron chi connectivity index (χ0n) is 7.94. The van der Waals surface area contributed by atoms with Crippen LogP contribution in [-0.4, -0.2) is 10.4 Å². The van der Waals surface area contributed by atoms with Gasteiger partial charge < -0.3 is 4.74 Å². The highest BCUT2D eigenvalue weighted by atomic mass is 35.6. The summed E-state index contributed by atoms with van der Waals surface area (Å²) in [6.45, 7) is 0.527. The van der Waals surface area contributed by atoms with Crippen molar-refractivity contribution in [3.8, 4) is 0 Å². The molecule has 1 fully saturated rings. The fourth-order valence-corrected chi connectivity index (χ4v) is 2.51. The maximum Gasteiger partial charge on any atom is 0.193 e. The minimum atomic E-state index is -1.34. The molecule has 1 aliphatic heterocycles. The third-order valence-corrected chi connectivity index (χ3v) is 3.56. The Hall–Kier alpha value is 0.630. The molecule has 0 saturated carbocycles. The summed E-state index contributed by atoms with van der Waals surface area (Å²) >= 11 is 29.1. The standard InChI is InChI=1S/C10H7Cl5O/c11-7-2-1-6(3-8(7)12)9(5-16-9)4-10(13,14)15/h1-3H,4-5H2. The summed E-state index contributed by atoms with van der Waals surface area (Å²) < 4.78 is 4.05. The largest absolute Gasteiger partial charge is 0.364 e. The van der Waals surface area contributed by atoms with Crippen molar-refractivity contribution in [3.05, 3.63) is 33.8 Å². The number of hydrogen-bond acceptors (Lipinski definition) is 1. The Balaban J connectivity index is 2.27. The van der Waals surface area contributed by atoms with E-state index >= 15 is 0 Å². The van der Waals surface area contributed by atoms with Gasteiger partial charge >= 0.3 is 0 Å². The third-order valence-electron chi connectivity index (χ3n) is 2.42. The van der Waals surface area contributed by atoms with Crippen molar-refractivity contribution >= 4 is 58.0 Å². The molecule has 1 heterocycles. The Morgan fingerprint density at radius 1 is 1.19 bits per heavy atom. The van der Waals surface area contributed by atoms with E-state index in [9.17, 15) is 0 Å². The van der Waals surface area contributed by atoms with Crippen LogP contribution in [0.25, 0.3) is 0 Å². The van der Waals surface area contributed by atoms with Crippen molar-refractivity contribution in [1.82, 2.24) is 0 Å². The molecule has 1 nitrogen and oxygen atoms in total. The van der Waals surface area contributed by atoms with E-state index in [-0.39, 0.29) is 0 Å². The van der Waals surface area contributed by atoms with Gasteiger partial charge in [-0.3, -0.25) is 0 Å². The van der Waals surface area contributed by atoms with Gasteiger partial charge in [0.05, 0.1) is 16.7 Å². The van der Waals surface area contributed by atoms with Gasteiger partial charge in [-0.05, 0) is 17.7 Å². The molecule has 1 aromatic rings. The van der Waals surface area contributed by atoms with E-state index in [1.165, 1.54) is 0 Å². The highest BCUT2D eigenvalue weighted by Crippen LogP contribution is 2.50. The molecule has 1 unspecified atom stereocenters. The van der Waals surface area contributed by atoms with Crippen molar-refractivity contribution < 1.29 is 4.74 Å². The lowest BCUT2D eigenvalue weighted by Crippen LogP contribution is -2.18. The lowest BCUT2D eigenvalue weighted by molar-refractivity contribution is 0.295. The van der Waals surface area contributed by atoms with E-state index in [0.29, 0.717) is 23.1 Å². The molecule has 0 radical (unpaired) electrons. The summed E-state index contributed by atoms with van der Waals surface area (Å²) in [6.07, 6.45) is 0.294. The molecular weight excluding hydrogens is 313 g/mol. The first-order valence-corrected chi connectivity index (χ1v) is 6.38. The van der Waals surface area contributed by atoms with Gasteiger partial charge in [-0.15, -0.1) is 0 Å². The Kier molecular flexibility index (Phi) is 3.58. The van der Waals surface area contributed by atoms with Crippen molar-refractivity contribution in [1.29, 1.82) is 0 Å². The maximum atomic E-state index is 5.93. The average molecular weight is 320 g/mol. The Bertz CT molecular complexity index is 408. The molecule has 1 aliphatic rings. The summed E-state index contributed by atoms with van der Waals surface area (Å²) in [7, 11) is 0. The monoisotopic (exact) mass is 318 g/mol. The summed E-state index contributed by atoms with van der Waals surface area (Å²) in [5.74, 6) is 0. The van der Waals surface area contributed by atoms with Gasteiger partial charge in [0, 0.05) is 6.42 Å². The molecule has 16 heavy (non-hydrogen) atoms. The van der Waals surface area contributed by atoms with Gasteiger partial charge in [0.25, 0.3) is 0 Å². The summed E-state index contributed by atoms with van der Waals surface area (Å²) in [4.78, 5) is 0. The topological polar surface area (TPSA) is 12.5 Å².